The van der Waals surface area contributed by atoms with Gasteiger partial charge in [-0.1, -0.05) is 12.1 Å². The summed E-state index contributed by atoms with van der Waals surface area (Å²) in [6, 6.07) is 13.2. The molecule has 1 N–H and O–H groups in total. The molecule has 3 heterocycles. The van der Waals surface area contributed by atoms with E-state index in [9.17, 15) is 4.79 Å². The van der Waals surface area contributed by atoms with Crippen LogP contribution in [0.15, 0.2) is 53.5 Å². The Morgan fingerprint density at radius 3 is 3.07 bits per heavy atom. The molecule has 3 aromatic rings. The standard InChI is InChI=1S/C21H23N3O3/c1-15-7-8-20-23-17(11-21(25)24(20)13-15)12-22-16-4-2-5-18(10-16)27-14-19-6-3-9-26-19/h2,4-5,7-8,10-11,13,19,22H,3,6,9,12,14H2,1H3/t19-/m0/s1. The van der Waals surface area contributed by atoms with Crippen LogP contribution in [-0.4, -0.2) is 28.7 Å². The molecule has 27 heavy (non-hydrogen) atoms. The molecule has 6 heteroatoms. The molecule has 6 nitrogen and oxygen atoms in total. The average molecular weight is 365 g/mol. The van der Waals surface area contributed by atoms with Crippen LogP contribution >= 0.6 is 0 Å². The lowest BCUT2D eigenvalue weighted by atomic mass is 10.2. The molecule has 0 unspecified atom stereocenters. The Kier molecular flexibility index (Phi) is 5.07. The van der Waals surface area contributed by atoms with E-state index in [1.54, 1.807) is 16.7 Å². The predicted octanol–water partition coefficient (Wildman–Crippen LogP) is 3.17. The summed E-state index contributed by atoms with van der Waals surface area (Å²) in [6.45, 7) is 3.82. The van der Waals surface area contributed by atoms with Gasteiger partial charge in [-0.25, -0.2) is 4.98 Å². The van der Waals surface area contributed by atoms with Crippen LogP contribution in [0.5, 0.6) is 5.75 Å². The Morgan fingerprint density at radius 1 is 1.30 bits per heavy atom. The van der Waals surface area contributed by atoms with Crippen LogP contribution in [0.3, 0.4) is 0 Å². The van der Waals surface area contributed by atoms with Crippen LogP contribution in [-0.2, 0) is 11.3 Å². The van der Waals surface area contributed by atoms with Gasteiger partial charge in [-0.15, -0.1) is 0 Å². The largest absolute Gasteiger partial charge is 0.491 e. The van der Waals surface area contributed by atoms with Crippen LogP contribution in [0.2, 0.25) is 0 Å². The van der Waals surface area contributed by atoms with Gasteiger partial charge in [0.2, 0.25) is 0 Å². The summed E-state index contributed by atoms with van der Waals surface area (Å²) in [6.07, 6.45) is 4.16. The molecule has 0 amide bonds. The Balaban J connectivity index is 1.42. The summed E-state index contributed by atoms with van der Waals surface area (Å²) in [5, 5.41) is 3.31. The minimum atomic E-state index is -0.0749. The van der Waals surface area contributed by atoms with Crippen molar-refractivity contribution in [2.45, 2.75) is 32.4 Å². The minimum absolute atomic E-state index is 0.0749. The molecular weight excluding hydrogens is 342 g/mol. The first-order chi connectivity index (χ1) is 13.2. The van der Waals surface area contributed by atoms with E-state index in [-0.39, 0.29) is 11.7 Å². The molecule has 4 rings (SSSR count). The molecule has 0 spiro atoms. The highest BCUT2D eigenvalue weighted by Gasteiger charge is 2.16. The molecule has 0 bridgehead atoms. The lowest BCUT2D eigenvalue weighted by Crippen LogP contribution is -2.17. The van der Waals surface area contributed by atoms with Gasteiger partial charge in [0, 0.05) is 30.6 Å². The van der Waals surface area contributed by atoms with E-state index in [0.717, 1.165) is 36.4 Å². The number of nitrogens with one attached hydrogen (secondary N) is 1. The SMILES string of the molecule is Cc1ccc2nc(CNc3cccc(OC[C@@H]4CCCO4)c3)cc(=O)n2c1. The second-order valence-electron chi connectivity index (χ2n) is 6.85. The van der Waals surface area contributed by atoms with Crippen LogP contribution in [0.4, 0.5) is 5.69 Å². The van der Waals surface area contributed by atoms with Crippen LogP contribution in [0, 0.1) is 6.92 Å². The maximum absolute atomic E-state index is 12.3. The zero-order chi connectivity index (χ0) is 18.6. The van der Waals surface area contributed by atoms with Gasteiger partial charge < -0.3 is 14.8 Å². The molecule has 1 aromatic carbocycles. The lowest BCUT2D eigenvalue weighted by molar-refractivity contribution is 0.0680. The van der Waals surface area contributed by atoms with Crippen molar-refractivity contribution in [3.63, 3.8) is 0 Å². The fraction of sp³-hybridized carbons (Fsp3) is 0.333. The van der Waals surface area contributed by atoms with Crippen molar-refractivity contribution in [2.24, 2.45) is 0 Å². The fourth-order valence-electron chi connectivity index (χ4n) is 3.20. The van der Waals surface area contributed by atoms with E-state index < -0.39 is 0 Å². The summed E-state index contributed by atoms with van der Waals surface area (Å²) in [5.74, 6) is 0.803. The maximum atomic E-state index is 12.3. The van der Waals surface area contributed by atoms with Gasteiger partial charge in [0.15, 0.2) is 0 Å². The topological polar surface area (TPSA) is 64.9 Å². The van der Waals surface area contributed by atoms with Crippen LogP contribution in [0.25, 0.3) is 5.65 Å². The summed E-state index contributed by atoms with van der Waals surface area (Å²) in [4.78, 5) is 16.8. The molecular formula is C21H23N3O3. The van der Waals surface area contributed by atoms with E-state index in [1.807, 2.05) is 43.3 Å². The minimum Gasteiger partial charge on any atom is -0.491 e. The van der Waals surface area contributed by atoms with Crippen molar-refractivity contribution in [3.8, 4) is 5.75 Å². The van der Waals surface area contributed by atoms with Crippen molar-refractivity contribution in [3.05, 3.63) is 70.3 Å². The van der Waals surface area contributed by atoms with Crippen LogP contribution < -0.4 is 15.6 Å². The van der Waals surface area contributed by atoms with E-state index in [2.05, 4.69) is 10.3 Å². The lowest BCUT2D eigenvalue weighted by Gasteiger charge is -2.13. The quantitative estimate of drug-likeness (QED) is 0.727. The molecule has 1 saturated heterocycles. The second kappa shape index (κ2) is 7.80. The summed E-state index contributed by atoms with van der Waals surface area (Å²) in [5.41, 5.74) is 3.23. The number of anilines is 1. The maximum Gasteiger partial charge on any atom is 0.258 e. The summed E-state index contributed by atoms with van der Waals surface area (Å²) in [7, 11) is 0. The summed E-state index contributed by atoms with van der Waals surface area (Å²) < 4.78 is 13.0. The highest BCUT2D eigenvalue weighted by molar-refractivity contribution is 5.48. The Bertz CT molecular complexity index is 993. The number of aromatic nitrogens is 2. The van der Waals surface area contributed by atoms with Crippen molar-refractivity contribution < 1.29 is 9.47 Å². The van der Waals surface area contributed by atoms with Gasteiger partial charge in [-0.3, -0.25) is 9.20 Å². The molecule has 0 radical (unpaired) electrons. The third-order valence-corrected chi connectivity index (χ3v) is 4.63. The van der Waals surface area contributed by atoms with E-state index in [1.165, 1.54) is 0 Å². The van der Waals surface area contributed by atoms with Gasteiger partial charge in [-0.2, -0.15) is 0 Å². The molecule has 1 fully saturated rings. The van der Waals surface area contributed by atoms with Gasteiger partial charge in [-0.05, 0) is 43.5 Å². The van der Waals surface area contributed by atoms with E-state index in [4.69, 9.17) is 9.47 Å². The highest BCUT2D eigenvalue weighted by atomic mass is 16.5. The number of ether oxygens (including phenoxy) is 2. The first-order valence-electron chi connectivity index (χ1n) is 9.25. The number of hydrogen-bond donors (Lipinski definition) is 1. The molecule has 0 aliphatic carbocycles. The summed E-state index contributed by atoms with van der Waals surface area (Å²) >= 11 is 0. The van der Waals surface area contributed by atoms with Gasteiger partial charge in [0.05, 0.1) is 18.3 Å². The number of rotatable bonds is 6. The smallest absolute Gasteiger partial charge is 0.258 e. The van der Waals surface area contributed by atoms with Crippen LogP contribution in [0.1, 0.15) is 24.1 Å². The number of fused-ring (bicyclic) bond motifs is 1. The number of hydrogen-bond acceptors (Lipinski definition) is 5. The van der Waals surface area contributed by atoms with E-state index in [0.29, 0.717) is 24.5 Å². The number of nitrogens with zero attached hydrogens (tertiary/aromatic N) is 2. The monoisotopic (exact) mass is 365 g/mol. The number of pyridine rings is 1. The molecule has 140 valence electrons. The van der Waals surface area contributed by atoms with Crippen molar-refractivity contribution in [1.29, 1.82) is 0 Å². The average Bonchev–Trinajstić information content (AvgIpc) is 3.19. The first kappa shape index (κ1) is 17.5. The molecule has 1 aliphatic rings. The molecule has 1 atom stereocenters. The van der Waals surface area contributed by atoms with Gasteiger partial charge in [0.25, 0.3) is 5.56 Å². The molecule has 1 aliphatic heterocycles. The molecule has 0 saturated carbocycles. The Labute approximate surface area is 157 Å². The zero-order valence-corrected chi connectivity index (χ0v) is 15.4. The van der Waals surface area contributed by atoms with Crippen molar-refractivity contribution in [2.75, 3.05) is 18.5 Å². The third-order valence-electron chi connectivity index (χ3n) is 4.63. The molecule has 2 aromatic heterocycles. The third kappa shape index (κ3) is 4.28. The predicted molar refractivity (Wildman–Crippen MR) is 104 cm³/mol. The van der Waals surface area contributed by atoms with Crippen molar-refractivity contribution in [1.82, 2.24) is 9.38 Å². The van der Waals surface area contributed by atoms with Gasteiger partial charge >= 0.3 is 0 Å². The normalized spacial score (nSPS) is 16.6. The van der Waals surface area contributed by atoms with Crippen molar-refractivity contribution >= 4 is 11.3 Å². The fourth-order valence-corrected chi connectivity index (χ4v) is 3.20. The number of benzene rings is 1. The second-order valence-corrected chi connectivity index (χ2v) is 6.85. The first-order valence-corrected chi connectivity index (χ1v) is 9.25. The van der Waals surface area contributed by atoms with Gasteiger partial charge in [0.1, 0.15) is 18.0 Å². The van der Waals surface area contributed by atoms with E-state index >= 15 is 0 Å². The Morgan fingerprint density at radius 2 is 2.22 bits per heavy atom. The Hall–Kier alpha value is -2.86. The number of aryl methyl sites for hydroxylation is 1. The zero-order valence-electron chi connectivity index (χ0n) is 15.4. The highest BCUT2D eigenvalue weighted by Crippen LogP contribution is 2.20.